The first kappa shape index (κ1) is 20.5. The lowest BCUT2D eigenvalue weighted by Crippen LogP contribution is -2.25. The number of methoxy groups -OCH3 is 1. The second kappa shape index (κ2) is 9.73. The molecule has 0 bridgehead atoms. The second-order valence-electron chi connectivity index (χ2n) is 5.94. The number of hydrogen-bond donors (Lipinski definition) is 2. The Morgan fingerprint density at radius 2 is 1.70 bits per heavy atom. The van der Waals surface area contributed by atoms with Crippen molar-refractivity contribution in [3.8, 4) is 0 Å². The standard InChI is InChI=1S/C20H21ClN2O4/c1-13-5-6-15(20(26)27-2)12-17(13)23-18(24)4-3-11-22-19(25)14-7-9-16(21)10-8-14/h5-10,12H,3-4,11H2,1-2H3,(H,22,25)(H,23,24). The molecular formula is C20H21ClN2O4. The molecule has 6 nitrogen and oxygen atoms in total. The van der Waals surface area contributed by atoms with Gasteiger partial charge in [0, 0.05) is 29.2 Å². The van der Waals surface area contributed by atoms with Crippen LogP contribution in [-0.2, 0) is 9.53 Å². The van der Waals surface area contributed by atoms with Crippen LogP contribution in [0, 0.1) is 6.92 Å². The predicted molar refractivity (Wildman–Crippen MR) is 104 cm³/mol. The number of rotatable bonds is 7. The van der Waals surface area contributed by atoms with Gasteiger partial charge in [-0.25, -0.2) is 4.79 Å². The first-order chi connectivity index (χ1) is 12.9. The van der Waals surface area contributed by atoms with Gasteiger partial charge in [-0.1, -0.05) is 17.7 Å². The van der Waals surface area contributed by atoms with E-state index in [2.05, 4.69) is 15.4 Å². The summed E-state index contributed by atoms with van der Waals surface area (Å²) in [5, 5.41) is 6.10. The third kappa shape index (κ3) is 6.11. The van der Waals surface area contributed by atoms with Crippen LogP contribution in [-0.4, -0.2) is 31.4 Å². The number of amides is 2. The molecule has 0 fully saturated rings. The Balaban J connectivity index is 1.80. The molecular weight excluding hydrogens is 368 g/mol. The van der Waals surface area contributed by atoms with Crippen LogP contribution in [0.3, 0.4) is 0 Å². The molecule has 2 aromatic rings. The number of benzene rings is 2. The van der Waals surface area contributed by atoms with Gasteiger partial charge in [-0.05, 0) is 55.3 Å². The number of esters is 1. The zero-order valence-electron chi connectivity index (χ0n) is 15.2. The predicted octanol–water partition coefficient (Wildman–Crippen LogP) is 3.58. The molecule has 0 saturated carbocycles. The Hall–Kier alpha value is -2.86. The van der Waals surface area contributed by atoms with Gasteiger partial charge in [0.1, 0.15) is 0 Å². The van der Waals surface area contributed by atoms with Gasteiger partial charge in [0.25, 0.3) is 5.91 Å². The minimum absolute atomic E-state index is 0.194. The highest BCUT2D eigenvalue weighted by Crippen LogP contribution is 2.18. The molecule has 2 rings (SSSR count). The van der Waals surface area contributed by atoms with Crippen LogP contribution in [0.15, 0.2) is 42.5 Å². The maximum absolute atomic E-state index is 12.1. The molecule has 0 aliphatic carbocycles. The van der Waals surface area contributed by atoms with Crippen LogP contribution in [0.1, 0.15) is 39.1 Å². The van der Waals surface area contributed by atoms with Crippen LogP contribution in [0.2, 0.25) is 5.02 Å². The highest BCUT2D eigenvalue weighted by molar-refractivity contribution is 6.30. The van der Waals surface area contributed by atoms with Crippen molar-refractivity contribution < 1.29 is 19.1 Å². The maximum Gasteiger partial charge on any atom is 0.337 e. The van der Waals surface area contributed by atoms with Gasteiger partial charge < -0.3 is 15.4 Å². The van der Waals surface area contributed by atoms with E-state index in [-0.39, 0.29) is 18.2 Å². The van der Waals surface area contributed by atoms with Gasteiger partial charge >= 0.3 is 5.97 Å². The van der Waals surface area contributed by atoms with Gasteiger partial charge in [-0.2, -0.15) is 0 Å². The number of halogens is 1. The van der Waals surface area contributed by atoms with Crippen molar-refractivity contribution >= 4 is 35.1 Å². The highest BCUT2D eigenvalue weighted by atomic mass is 35.5. The molecule has 0 aliphatic heterocycles. The van der Waals surface area contributed by atoms with E-state index in [0.29, 0.717) is 34.8 Å². The Morgan fingerprint density at radius 3 is 2.37 bits per heavy atom. The summed E-state index contributed by atoms with van der Waals surface area (Å²) in [7, 11) is 1.30. The fourth-order valence-electron chi connectivity index (χ4n) is 2.37. The zero-order chi connectivity index (χ0) is 19.8. The maximum atomic E-state index is 12.1. The fraction of sp³-hybridized carbons (Fsp3) is 0.250. The van der Waals surface area contributed by atoms with Crippen molar-refractivity contribution in [3.63, 3.8) is 0 Å². The number of nitrogens with one attached hydrogen (secondary N) is 2. The van der Waals surface area contributed by atoms with Crippen molar-refractivity contribution in [1.82, 2.24) is 5.32 Å². The number of hydrogen-bond acceptors (Lipinski definition) is 4. The van der Waals surface area contributed by atoms with E-state index in [1.807, 2.05) is 6.92 Å². The van der Waals surface area contributed by atoms with Crippen LogP contribution in [0.5, 0.6) is 0 Å². The van der Waals surface area contributed by atoms with E-state index < -0.39 is 5.97 Å². The van der Waals surface area contributed by atoms with Crippen molar-refractivity contribution in [2.24, 2.45) is 0 Å². The van der Waals surface area contributed by atoms with Crippen molar-refractivity contribution in [3.05, 3.63) is 64.2 Å². The first-order valence-electron chi connectivity index (χ1n) is 8.43. The summed E-state index contributed by atoms with van der Waals surface area (Å²) in [6.45, 7) is 2.21. The van der Waals surface area contributed by atoms with E-state index in [0.717, 1.165) is 5.56 Å². The summed E-state index contributed by atoms with van der Waals surface area (Å²) in [5.74, 6) is -0.870. The van der Waals surface area contributed by atoms with E-state index in [1.54, 1.807) is 42.5 Å². The fourth-order valence-corrected chi connectivity index (χ4v) is 2.49. The number of carbonyl (C=O) groups is 3. The molecule has 7 heteroatoms. The Morgan fingerprint density at radius 1 is 1.04 bits per heavy atom. The normalized spacial score (nSPS) is 10.2. The molecule has 0 atom stereocenters. The third-order valence-corrected chi connectivity index (χ3v) is 4.16. The lowest BCUT2D eigenvalue weighted by atomic mass is 10.1. The van der Waals surface area contributed by atoms with Crippen molar-refractivity contribution in [1.29, 1.82) is 0 Å². The summed E-state index contributed by atoms with van der Waals surface area (Å²) < 4.78 is 4.68. The summed E-state index contributed by atoms with van der Waals surface area (Å²) in [6, 6.07) is 11.5. The Labute approximate surface area is 162 Å². The average molecular weight is 389 g/mol. The number of aryl methyl sites for hydroxylation is 1. The Kier molecular flexibility index (Phi) is 7.37. The number of ether oxygens (including phenoxy) is 1. The molecule has 0 saturated heterocycles. The van der Waals surface area contributed by atoms with Gasteiger partial charge in [-0.3, -0.25) is 9.59 Å². The van der Waals surface area contributed by atoms with Crippen LogP contribution in [0.4, 0.5) is 5.69 Å². The molecule has 2 amide bonds. The van der Waals surface area contributed by atoms with E-state index in [9.17, 15) is 14.4 Å². The SMILES string of the molecule is COC(=O)c1ccc(C)c(NC(=O)CCCNC(=O)c2ccc(Cl)cc2)c1. The van der Waals surface area contributed by atoms with E-state index in [1.165, 1.54) is 7.11 Å². The van der Waals surface area contributed by atoms with Crippen LogP contribution >= 0.6 is 11.6 Å². The molecule has 0 heterocycles. The molecule has 142 valence electrons. The summed E-state index contributed by atoms with van der Waals surface area (Å²) in [6.07, 6.45) is 0.726. The molecule has 0 aliphatic rings. The van der Waals surface area contributed by atoms with Gasteiger partial charge in [0.15, 0.2) is 0 Å². The lowest BCUT2D eigenvalue weighted by Gasteiger charge is -2.10. The molecule has 27 heavy (non-hydrogen) atoms. The minimum Gasteiger partial charge on any atom is -0.465 e. The lowest BCUT2D eigenvalue weighted by molar-refractivity contribution is -0.116. The monoisotopic (exact) mass is 388 g/mol. The summed E-state index contributed by atoms with van der Waals surface area (Å²) in [4.78, 5) is 35.7. The molecule has 0 radical (unpaired) electrons. The average Bonchev–Trinajstić information content (AvgIpc) is 2.66. The third-order valence-electron chi connectivity index (χ3n) is 3.91. The van der Waals surface area contributed by atoms with Crippen molar-refractivity contribution in [2.45, 2.75) is 19.8 Å². The summed E-state index contributed by atoms with van der Waals surface area (Å²) in [5.41, 5.74) is 2.29. The molecule has 0 spiro atoms. The van der Waals surface area contributed by atoms with Crippen LogP contribution in [0.25, 0.3) is 0 Å². The van der Waals surface area contributed by atoms with E-state index in [4.69, 9.17) is 11.6 Å². The molecule has 0 unspecified atom stereocenters. The second-order valence-corrected chi connectivity index (χ2v) is 6.37. The van der Waals surface area contributed by atoms with Gasteiger partial charge in [0.2, 0.25) is 5.91 Å². The number of carbonyl (C=O) groups excluding carboxylic acids is 3. The smallest absolute Gasteiger partial charge is 0.337 e. The Bertz CT molecular complexity index is 834. The van der Waals surface area contributed by atoms with E-state index >= 15 is 0 Å². The topological polar surface area (TPSA) is 84.5 Å². The molecule has 2 N–H and O–H groups in total. The van der Waals surface area contributed by atoms with Crippen molar-refractivity contribution in [2.75, 3.05) is 19.0 Å². The quantitative estimate of drug-likeness (QED) is 0.560. The van der Waals surface area contributed by atoms with Crippen LogP contribution < -0.4 is 10.6 Å². The molecule has 0 aromatic heterocycles. The largest absolute Gasteiger partial charge is 0.465 e. The minimum atomic E-state index is -0.463. The number of anilines is 1. The first-order valence-corrected chi connectivity index (χ1v) is 8.81. The molecule has 2 aromatic carbocycles. The van der Waals surface area contributed by atoms with Gasteiger partial charge in [-0.15, -0.1) is 0 Å². The summed E-state index contributed by atoms with van der Waals surface area (Å²) >= 11 is 5.79. The zero-order valence-corrected chi connectivity index (χ0v) is 15.9. The van der Waals surface area contributed by atoms with Gasteiger partial charge in [0.05, 0.1) is 12.7 Å². The highest BCUT2D eigenvalue weighted by Gasteiger charge is 2.11.